The Bertz CT molecular complexity index is 692. The van der Waals surface area contributed by atoms with Gasteiger partial charge in [-0.3, -0.25) is 4.90 Å². The molecule has 0 aromatic rings. The maximum atomic E-state index is 11.6. The molecule has 3 N–H and O–H groups in total. The highest BCUT2D eigenvalue weighted by Crippen LogP contribution is 2.66. The van der Waals surface area contributed by atoms with Crippen LogP contribution in [-0.4, -0.2) is 58.0 Å². The van der Waals surface area contributed by atoms with Crippen LogP contribution in [0, 0.1) is 34.5 Å². The van der Waals surface area contributed by atoms with Gasteiger partial charge in [0.25, 0.3) is 0 Å². The van der Waals surface area contributed by atoms with Crippen molar-refractivity contribution in [2.45, 2.75) is 129 Å². The standard InChI is InChI=1S/C28H50N2O2.ClH/c1-26(2,3)29-22-17-28(5)18(15-24(22)31)9-10-19-20(28)11-12-27(4)21(19)16-23(25(27)32)30-13-7-6-8-14-30;/h18-25,29,31-32H,6-17H2,1-5H3;1H/t18-,19+,20-,21-,22-,23-,24-,25-,27-,28-;/m0./s1. The number of fused-ring (bicyclic) bond motifs is 5. The van der Waals surface area contributed by atoms with Crippen molar-refractivity contribution in [2.24, 2.45) is 34.5 Å². The number of hydrogen-bond donors (Lipinski definition) is 3. The average molecular weight is 483 g/mol. The van der Waals surface area contributed by atoms with Crippen molar-refractivity contribution < 1.29 is 10.2 Å². The molecule has 0 radical (unpaired) electrons. The van der Waals surface area contributed by atoms with Crippen molar-refractivity contribution in [1.82, 2.24) is 10.2 Å². The van der Waals surface area contributed by atoms with E-state index in [-0.39, 0.29) is 41.6 Å². The zero-order valence-electron chi connectivity index (χ0n) is 21.9. The summed E-state index contributed by atoms with van der Waals surface area (Å²) in [6, 6.07) is 0.594. The number of aliphatic hydroxyl groups is 2. The summed E-state index contributed by atoms with van der Waals surface area (Å²) < 4.78 is 0. The van der Waals surface area contributed by atoms with E-state index >= 15 is 0 Å². The number of rotatable bonds is 2. The molecule has 5 heteroatoms. The second-order valence-corrected chi connectivity index (χ2v) is 14.1. The summed E-state index contributed by atoms with van der Waals surface area (Å²) in [6.07, 6.45) is 11.9. The van der Waals surface area contributed by atoms with Crippen LogP contribution in [0.25, 0.3) is 0 Å². The normalized spacial score (nSPS) is 50.6. The van der Waals surface area contributed by atoms with Crippen molar-refractivity contribution in [1.29, 1.82) is 0 Å². The van der Waals surface area contributed by atoms with Gasteiger partial charge in [-0.15, -0.1) is 12.4 Å². The monoisotopic (exact) mass is 482 g/mol. The van der Waals surface area contributed by atoms with Gasteiger partial charge < -0.3 is 15.5 Å². The highest BCUT2D eigenvalue weighted by Gasteiger charge is 2.63. The molecule has 0 amide bonds. The van der Waals surface area contributed by atoms with Crippen molar-refractivity contribution in [2.75, 3.05) is 13.1 Å². The fourth-order valence-electron chi connectivity index (χ4n) is 9.60. The molecule has 0 unspecified atom stereocenters. The van der Waals surface area contributed by atoms with Gasteiger partial charge in [0, 0.05) is 17.6 Å². The lowest BCUT2D eigenvalue weighted by Gasteiger charge is -2.62. The van der Waals surface area contributed by atoms with Gasteiger partial charge in [0.15, 0.2) is 0 Å². The molecule has 1 saturated heterocycles. The topological polar surface area (TPSA) is 55.7 Å². The highest BCUT2D eigenvalue weighted by atomic mass is 35.5. The van der Waals surface area contributed by atoms with Gasteiger partial charge in [0.05, 0.1) is 12.2 Å². The molecule has 4 nitrogen and oxygen atoms in total. The molecular formula is C28H51ClN2O2. The Balaban J connectivity index is 0.00000259. The molecule has 5 fully saturated rings. The number of aliphatic hydroxyl groups excluding tert-OH is 2. The van der Waals surface area contributed by atoms with Crippen LogP contribution in [0.5, 0.6) is 0 Å². The third kappa shape index (κ3) is 4.43. The minimum absolute atomic E-state index is 0. The summed E-state index contributed by atoms with van der Waals surface area (Å²) >= 11 is 0. The Morgan fingerprint density at radius 2 is 1.58 bits per heavy atom. The molecule has 192 valence electrons. The number of nitrogens with zero attached hydrogens (tertiary/aromatic N) is 1. The first-order valence-corrected chi connectivity index (χ1v) is 13.9. The Labute approximate surface area is 209 Å². The van der Waals surface area contributed by atoms with E-state index in [2.05, 4.69) is 44.8 Å². The fourth-order valence-corrected chi connectivity index (χ4v) is 9.60. The lowest BCUT2D eigenvalue weighted by molar-refractivity contribution is -0.143. The predicted molar refractivity (Wildman–Crippen MR) is 138 cm³/mol. The second-order valence-electron chi connectivity index (χ2n) is 14.1. The molecule has 33 heavy (non-hydrogen) atoms. The van der Waals surface area contributed by atoms with E-state index < -0.39 is 0 Å². The summed E-state index contributed by atoms with van der Waals surface area (Å²) in [5, 5.41) is 26.4. The molecule has 0 bridgehead atoms. The van der Waals surface area contributed by atoms with Gasteiger partial charge >= 0.3 is 0 Å². The summed E-state index contributed by atoms with van der Waals surface area (Å²) in [6.45, 7) is 14.1. The first kappa shape index (κ1) is 26.2. The lowest BCUT2D eigenvalue weighted by Crippen LogP contribution is -2.61. The van der Waals surface area contributed by atoms with Gasteiger partial charge in [-0.05, 0) is 126 Å². The van der Waals surface area contributed by atoms with Gasteiger partial charge in [-0.2, -0.15) is 0 Å². The maximum absolute atomic E-state index is 11.6. The SMILES string of the molecule is CC(C)(C)N[C@H]1C[C@@]2(C)[C@@H](CC[C@@H]3[C@@H]2CC[C@]2(C)[C@@H](O)[C@@H](N4CCCCC4)C[C@@H]32)C[C@@H]1O.Cl. The maximum Gasteiger partial charge on any atom is 0.0751 e. The first-order chi connectivity index (χ1) is 15.0. The number of likely N-dealkylation sites (tertiary alicyclic amines) is 1. The van der Waals surface area contributed by atoms with E-state index in [0.29, 0.717) is 23.3 Å². The van der Waals surface area contributed by atoms with Crippen LogP contribution in [0.4, 0.5) is 0 Å². The number of hydrogen-bond acceptors (Lipinski definition) is 4. The second kappa shape index (κ2) is 9.21. The summed E-state index contributed by atoms with van der Waals surface area (Å²) in [4.78, 5) is 2.65. The van der Waals surface area contributed by atoms with E-state index in [0.717, 1.165) is 24.7 Å². The van der Waals surface area contributed by atoms with Crippen LogP contribution < -0.4 is 5.32 Å². The Morgan fingerprint density at radius 1 is 0.879 bits per heavy atom. The molecule has 0 spiro atoms. The first-order valence-electron chi connectivity index (χ1n) is 13.9. The van der Waals surface area contributed by atoms with E-state index in [1.165, 1.54) is 64.5 Å². The van der Waals surface area contributed by atoms with Crippen molar-refractivity contribution in [3.63, 3.8) is 0 Å². The number of halogens is 1. The van der Waals surface area contributed by atoms with Crippen LogP contribution in [0.3, 0.4) is 0 Å². The molecule has 0 aromatic heterocycles. The van der Waals surface area contributed by atoms with Crippen LogP contribution in [0.2, 0.25) is 0 Å². The Morgan fingerprint density at radius 3 is 2.24 bits per heavy atom. The van der Waals surface area contributed by atoms with E-state index in [9.17, 15) is 10.2 Å². The van der Waals surface area contributed by atoms with Crippen molar-refractivity contribution in [3.05, 3.63) is 0 Å². The quantitative estimate of drug-likeness (QED) is 0.518. The summed E-state index contributed by atoms with van der Waals surface area (Å²) in [7, 11) is 0. The highest BCUT2D eigenvalue weighted by molar-refractivity contribution is 5.85. The summed E-state index contributed by atoms with van der Waals surface area (Å²) in [5.41, 5.74) is 0.454. The molecule has 4 saturated carbocycles. The molecule has 0 aromatic carbocycles. The third-order valence-electron chi connectivity index (χ3n) is 11.2. The van der Waals surface area contributed by atoms with Crippen LogP contribution in [-0.2, 0) is 0 Å². The minimum atomic E-state index is -0.213. The fraction of sp³-hybridized carbons (Fsp3) is 1.00. The summed E-state index contributed by atoms with van der Waals surface area (Å²) in [5.74, 6) is 2.83. The van der Waals surface area contributed by atoms with Gasteiger partial charge in [-0.25, -0.2) is 0 Å². The predicted octanol–water partition coefficient (Wildman–Crippen LogP) is 5.00. The van der Waals surface area contributed by atoms with Crippen LogP contribution in [0.1, 0.15) is 98.8 Å². The van der Waals surface area contributed by atoms with E-state index in [1.54, 1.807) is 0 Å². The van der Waals surface area contributed by atoms with Crippen LogP contribution in [0.15, 0.2) is 0 Å². The molecule has 5 aliphatic rings. The zero-order valence-corrected chi connectivity index (χ0v) is 22.7. The molecule has 10 atom stereocenters. The zero-order chi connectivity index (χ0) is 22.9. The average Bonchev–Trinajstić information content (AvgIpc) is 3.00. The smallest absolute Gasteiger partial charge is 0.0751 e. The van der Waals surface area contributed by atoms with Gasteiger partial charge in [0.2, 0.25) is 0 Å². The number of piperidine rings is 1. The van der Waals surface area contributed by atoms with Crippen LogP contribution >= 0.6 is 12.4 Å². The molecular weight excluding hydrogens is 432 g/mol. The van der Waals surface area contributed by atoms with Crippen molar-refractivity contribution in [3.8, 4) is 0 Å². The Hall–Kier alpha value is 0.130. The lowest BCUT2D eigenvalue weighted by atomic mass is 9.44. The Kier molecular flexibility index (Phi) is 7.32. The van der Waals surface area contributed by atoms with E-state index in [4.69, 9.17) is 0 Å². The molecule has 5 rings (SSSR count). The third-order valence-corrected chi connectivity index (χ3v) is 11.2. The molecule has 4 aliphatic carbocycles. The largest absolute Gasteiger partial charge is 0.391 e. The van der Waals surface area contributed by atoms with Gasteiger partial charge in [0.1, 0.15) is 0 Å². The van der Waals surface area contributed by atoms with E-state index in [1.807, 2.05) is 0 Å². The van der Waals surface area contributed by atoms with Crippen molar-refractivity contribution >= 4 is 12.4 Å². The number of nitrogens with one attached hydrogen (secondary N) is 1. The molecule has 1 aliphatic heterocycles. The molecule has 1 heterocycles. The van der Waals surface area contributed by atoms with Gasteiger partial charge in [-0.1, -0.05) is 20.3 Å². The minimum Gasteiger partial charge on any atom is -0.391 e.